The van der Waals surface area contributed by atoms with Gasteiger partial charge in [-0.2, -0.15) is 5.26 Å². The summed E-state index contributed by atoms with van der Waals surface area (Å²) in [6.07, 6.45) is 3.14. The van der Waals surface area contributed by atoms with Crippen molar-refractivity contribution >= 4 is 6.09 Å². The number of carbonyl (C=O) groups is 1. The number of likely N-dealkylation sites (tertiary alicyclic amines) is 1. The fourth-order valence-electron chi connectivity index (χ4n) is 1.15. The van der Waals surface area contributed by atoms with Crippen LogP contribution in [0.1, 0.15) is 19.8 Å². The summed E-state index contributed by atoms with van der Waals surface area (Å²) in [4.78, 5) is 12.8. The van der Waals surface area contributed by atoms with Crippen molar-refractivity contribution in [2.24, 2.45) is 0 Å². The van der Waals surface area contributed by atoms with Crippen LogP contribution in [0.4, 0.5) is 4.79 Å². The molecule has 1 saturated heterocycles. The van der Waals surface area contributed by atoms with Crippen LogP contribution in [0, 0.1) is 11.3 Å². The van der Waals surface area contributed by atoms with Gasteiger partial charge in [0.1, 0.15) is 0 Å². The fourth-order valence-corrected chi connectivity index (χ4v) is 1.15. The highest BCUT2D eigenvalue weighted by Crippen LogP contribution is 2.14. The lowest BCUT2D eigenvalue weighted by molar-refractivity contribution is 0.0952. The standard InChI is InChI=1S/C10H14N2O2/c1-2-3-6-14-10(13)12-7-9(8-12)4-5-11/h4H,2-3,6-8H2,1H3. The molecule has 1 amide bonds. The Hall–Kier alpha value is -1.50. The normalized spacial score (nSPS) is 14.3. The van der Waals surface area contributed by atoms with Gasteiger partial charge in [0.2, 0.25) is 0 Å². The molecule has 1 rings (SSSR count). The number of carbonyl (C=O) groups excluding carboxylic acids is 1. The van der Waals surface area contributed by atoms with Crippen molar-refractivity contribution in [3.63, 3.8) is 0 Å². The average Bonchev–Trinajstić information content (AvgIpc) is 2.10. The maximum atomic E-state index is 11.2. The number of ether oxygens (including phenoxy) is 1. The van der Waals surface area contributed by atoms with Gasteiger partial charge in [-0.3, -0.25) is 0 Å². The second kappa shape index (κ2) is 5.28. The van der Waals surface area contributed by atoms with E-state index in [0.29, 0.717) is 19.7 Å². The van der Waals surface area contributed by atoms with E-state index < -0.39 is 0 Å². The third-order valence-corrected chi connectivity index (χ3v) is 2.04. The molecular weight excluding hydrogens is 180 g/mol. The van der Waals surface area contributed by atoms with E-state index in [1.54, 1.807) is 4.90 Å². The topological polar surface area (TPSA) is 53.3 Å². The smallest absolute Gasteiger partial charge is 0.410 e. The second-order valence-electron chi connectivity index (χ2n) is 3.26. The molecule has 0 spiro atoms. The molecule has 1 heterocycles. The monoisotopic (exact) mass is 194 g/mol. The van der Waals surface area contributed by atoms with Gasteiger partial charge in [0.25, 0.3) is 0 Å². The van der Waals surface area contributed by atoms with Crippen molar-refractivity contribution in [1.29, 1.82) is 5.26 Å². The van der Waals surface area contributed by atoms with Crippen LogP contribution in [0.5, 0.6) is 0 Å². The SMILES string of the molecule is CCCCOC(=O)N1CC(=CC#N)C1. The Bertz CT molecular complexity index is 270. The van der Waals surface area contributed by atoms with Gasteiger partial charge in [-0.1, -0.05) is 13.3 Å². The van der Waals surface area contributed by atoms with Gasteiger partial charge in [-0.15, -0.1) is 0 Å². The summed E-state index contributed by atoms with van der Waals surface area (Å²) >= 11 is 0. The molecule has 4 heteroatoms. The Morgan fingerprint density at radius 3 is 3.00 bits per heavy atom. The Morgan fingerprint density at radius 1 is 1.71 bits per heavy atom. The molecule has 1 fully saturated rings. The molecule has 0 aromatic carbocycles. The van der Waals surface area contributed by atoms with E-state index in [4.69, 9.17) is 10.00 Å². The number of hydrogen-bond donors (Lipinski definition) is 0. The molecular formula is C10H14N2O2. The number of nitrogens with zero attached hydrogens (tertiary/aromatic N) is 2. The van der Waals surface area contributed by atoms with E-state index >= 15 is 0 Å². The molecule has 0 aliphatic carbocycles. The first-order valence-corrected chi connectivity index (χ1v) is 4.77. The molecule has 0 saturated carbocycles. The van der Waals surface area contributed by atoms with Crippen molar-refractivity contribution in [2.75, 3.05) is 19.7 Å². The number of amides is 1. The lowest BCUT2D eigenvalue weighted by Gasteiger charge is -2.32. The van der Waals surface area contributed by atoms with Crippen molar-refractivity contribution in [3.05, 3.63) is 11.6 Å². The third-order valence-electron chi connectivity index (χ3n) is 2.04. The van der Waals surface area contributed by atoms with Gasteiger partial charge in [-0.05, 0) is 12.0 Å². The molecule has 0 unspecified atom stereocenters. The molecule has 0 radical (unpaired) electrons. The maximum absolute atomic E-state index is 11.2. The molecule has 1 aliphatic heterocycles. The van der Waals surface area contributed by atoms with Crippen molar-refractivity contribution < 1.29 is 9.53 Å². The van der Waals surface area contributed by atoms with Gasteiger partial charge >= 0.3 is 6.09 Å². The van der Waals surface area contributed by atoms with Crippen LogP contribution < -0.4 is 0 Å². The maximum Gasteiger partial charge on any atom is 0.410 e. The van der Waals surface area contributed by atoms with Crippen molar-refractivity contribution in [2.45, 2.75) is 19.8 Å². The first kappa shape index (κ1) is 10.6. The van der Waals surface area contributed by atoms with Gasteiger partial charge in [-0.25, -0.2) is 4.79 Å². The Labute approximate surface area is 83.8 Å². The predicted molar refractivity (Wildman–Crippen MR) is 51.5 cm³/mol. The first-order chi connectivity index (χ1) is 6.77. The van der Waals surface area contributed by atoms with E-state index in [2.05, 4.69) is 0 Å². The lowest BCUT2D eigenvalue weighted by atomic mass is 10.1. The van der Waals surface area contributed by atoms with Crippen LogP contribution in [-0.4, -0.2) is 30.7 Å². The summed E-state index contributed by atoms with van der Waals surface area (Å²) in [6, 6.07) is 1.94. The average molecular weight is 194 g/mol. The zero-order valence-electron chi connectivity index (χ0n) is 8.32. The number of rotatable bonds is 3. The Morgan fingerprint density at radius 2 is 2.43 bits per heavy atom. The van der Waals surface area contributed by atoms with Crippen LogP contribution in [0.2, 0.25) is 0 Å². The van der Waals surface area contributed by atoms with Gasteiger partial charge in [0, 0.05) is 19.2 Å². The number of nitriles is 1. The first-order valence-electron chi connectivity index (χ1n) is 4.77. The lowest BCUT2D eigenvalue weighted by Crippen LogP contribution is -2.44. The number of hydrogen-bond acceptors (Lipinski definition) is 3. The quantitative estimate of drug-likeness (QED) is 0.507. The van der Waals surface area contributed by atoms with E-state index in [0.717, 1.165) is 18.4 Å². The molecule has 76 valence electrons. The predicted octanol–water partition coefficient (Wildman–Crippen LogP) is 1.69. The summed E-state index contributed by atoms with van der Waals surface area (Å²) in [5.74, 6) is 0. The molecule has 0 bridgehead atoms. The molecule has 0 aromatic heterocycles. The fraction of sp³-hybridized carbons (Fsp3) is 0.600. The van der Waals surface area contributed by atoms with E-state index in [9.17, 15) is 4.79 Å². The number of allylic oxidation sites excluding steroid dienone is 1. The Kier molecular flexibility index (Phi) is 3.99. The molecule has 0 atom stereocenters. The van der Waals surface area contributed by atoms with Gasteiger partial charge in [0.15, 0.2) is 0 Å². The molecule has 1 aliphatic rings. The molecule has 0 aromatic rings. The molecule has 14 heavy (non-hydrogen) atoms. The summed E-state index contributed by atoms with van der Waals surface area (Å²) in [7, 11) is 0. The zero-order chi connectivity index (χ0) is 10.4. The van der Waals surface area contributed by atoms with Crippen molar-refractivity contribution in [1.82, 2.24) is 4.90 Å². The van der Waals surface area contributed by atoms with Gasteiger partial charge < -0.3 is 9.64 Å². The highest BCUT2D eigenvalue weighted by atomic mass is 16.6. The minimum absolute atomic E-state index is 0.270. The molecule has 4 nitrogen and oxygen atoms in total. The van der Waals surface area contributed by atoms with Gasteiger partial charge in [0.05, 0.1) is 12.7 Å². The number of unbranched alkanes of at least 4 members (excludes halogenated alkanes) is 1. The third kappa shape index (κ3) is 2.77. The van der Waals surface area contributed by atoms with E-state index in [-0.39, 0.29) is 6.09 Å². The minimum atomic E-state index is -0.270. The highest BCUT2D eigenvalue weighted by molar-refractivity contribution is 5.70. The summed E-state index contributed by atoms with van der Waals surface area (Å²) in [5.41, 5.74) is 0.986. The summed E-state index contributed by atoms with van der Waals surface area (Å²) in [5, 5.41) is 8.34. The largest absolute Gasteiger partial charge is 0.449 e. The minimum Gasteiger partial charge on any atom is -0.449 e. The van der Waals surface area contributed by atoms with Crippen LogP contribution in [-0.2, 0) is 4.74 Å². The molecule has 0 N–H and O–H groups in total. The second-order valence-corrected chi connectivity index (χ2v) is 3.26. The van der Waals surface area contributed by atoms with Crippen LogP contribution >= 0.6 is 0 Å². The summed E-state index contributed by atoms with van der Waals surface area (Å²) < 4.78 is 4.99. The van der Waals surface area contributed by atoms with Crippen LogP contribution in [0.25, 0.3) is 0 Å². The van der Waals surface area contributed by atoms with Crippen molar-refractivity contribution in [3.8, 4) is 6.07 Å². The summed E-state index contributed by atoms with van der Waals surface area (Å²) in [6.45, 7) is 3.62. The zero-order valence-corrected chi connectivity index (χ0v) is 8.32. The van der Waals surface area contributed by atoms with Crippen LogP contribution in [0.15, 0.2) is 11.6 Å². The van der Waals surface area contributed by atoms with E-state index in [1.807, 2.05) is 13.0 Å². The Balaban J connectivity index is 2.17. The van der Waals surface area contributed by atoms with E-state index in [1.165, 1.54) is 6.08 Å². The van der Waals surface area contributed by atoms with Crippen LogP contribution in [0.3, 0.4) is 0 Å². The highest BCUT2D eigenvalue weighted by Gasteiger charge is 2.25.